The van der Waals surface area contributed by atoms with Crippen molar-refractivity contribution in [3.05, 3.63) is 29.3 Å². The first-order valence-electron chi connectivity index (χ1n) is 8.76. The van der Waals surface area contributed by atoms with Crippen LogP contribution >= 0.6 is 0 Å². The molecule has 0 bridgehead atoms. The van der Waals surface area contributed by atoms with Crippen molar-refractivity contribution in [3.8, 4) is 5.75 Å². The first kappa shape index (κ1) is 7.82. The van der Waals surface area contributed by atoms with Gasteiger partial charge in [0.15, 0.2) is 0 Å². The van der Waals surface area contributed by atoms with Crippen molar-refractivity contribution < 1.29 is 22.9 Å². The van der Waals surface area contributed by atoms with E-state index in [1.807, 2.05) is 32.0 Å². The van der Waals surface area contributed by atoms with E-state index >= 15 is 0 Å². The first-order chi connectivity index (χ1) is 10.8. The molecule has 0 spiro atoms. The average molecular weight is 256 g/mol. The van der Waals surface area contributed by atoms with Crippen LogP contribution in [0.2, 0.25) is 0 Å². The van der Waals surface area contributed by atoms with E-state index in [-0.39, 0.29) is 13.0 Å². The largest absolute Gasteiger partial charge is 0.493 e. The highest BCUT2D eigenvalue weighted by molar-refractivity contribution is 5.73. The molecule has 3 heteroatoms. The highest BCUT2D eigenvalue weighted by Crippen LogP contribution is 2.23. The molecule has 0 saturated carbocycles. The van der Waals surface area contributed by atoms with Gasteiger partial charge in [-0.1, -0.05) is 12.1 Å². The summed E-state index contributed by atoms with van der Waals surface area (Å²) in [5, 5.41) is 9.33. The van der Waals surface area contributed by atoms with Crippen molar-refractivity contribution >= 4 is 5.97 Å². The van der Waals surface area contributed by atoms with E-state index in [0.717, 1.165) is 11.1 Å². The highest BCUT2D eigenvalue weighted by atomic mass is 16.5. The summed E-state index contributed by atoms with van der Waals surface area (Å²) in [6.07, 6.45) is -0.531. The maximum atomic E-state index is 11.5. The van der Waals surface area contributed by atoms with Crippen LogP contribution in [0.15, 0.2) is 18.2 Å². The number of ether oxygens (including phenoxy) is 1. The fourth-order valence-corrected chi connectivity index (χ4v) is 1.49. The number of hydrogen-bond acceptors (Lipinski definition) is 2. The third-order valence-corrected chi connectivity index (χ3v) is 2.66. The number of hydrogen-bond donors (Lipinski definition) is 1. The van der Waals surface area contributed by atoms with E-state index in [9.17, 15) is 9.90 Å². The molecule has 0 amide bonds. The summed E-state index contributed by atoms with van der Waals surface area (Å²) in [6.45, 7) is -2.52. The second-order valence-electron chi connectivity index (χ2n) is 4.43. The molecule has 100 valence electrons. The minimum absolute atomic E-state index is 0.00351. The van der Waals surface area contributed by atoms with Gasteiger partial charge in [0.2, 0.25) is 0 Å². The minimum Gasteiger partial charge on any atom is -0.493 e. The van der Waals surface area contributed by atoms with E-state index < -0.39 is 31.5 Å². The predicted octanol–water partition coefficient (Wildman–Crippen LogP) is 3.57. The van der Waals surface area contributed by atoms with Crippen molar-refractivity contribution in [2.45, 2.75) is 40.4 Å². The number of carboxylic acid groups (broad SMARTS) is 1. The number of carboxylic acids is 1. The zero-order valence-corrected chi connectivity index (χ0v) is 10.6. The summed E-state index contributed by atoms with van der Waals surface area (Å²) < 4.78 is 50.2. The zero-order valence-electron chi connectivity index (χ0n) is 16.6. The molecule has 3 nitrogen and oxygen atoms in total. The highest BCUT2D eigenvalue weighted by Gasteiger charge is 2.26. The van der Waals surface area contributed by atoms with Gasteiger partial charge in [-0.2, -0.15) is 0 Å². The van der Waals surface area contributed by atoms with Gasteiger partial charge in [0.25, 0.3) is 0 Å². The standard InChI is InChI=1S/C15H22O3/c1-11-6-7-12(2)13(10-11)18-9-5-8-15(3,4)14(16)17/h6-7,10H,5,8-9H2,1-4H3,(H,16,17)/i3D3,4D3. The zero-order chi connectivity index (χ0) is 18.8. The van der Waals surface area contributed by atoms with Gasteiger partial charge in [0, 0.05) is 8.22 Å². The molecule has 1 aromatic carbocycles. The molecule has 0 fully saturated rings. The summed E-state index contributed by atoms with van der Waals surface area (Å²) in [7, 11) is 0. The molecule has 0 saturated heterocycles. The fraction of sp³-hybridized carbons (Fsp3) is 0.533. The van der Waals surface area contributed by atoms with Crippen LogP contribution in [0.4, 0.5) is 0 Å². The molecule has 0 heterocycles. The maximum Gasteiger partial charge on any atom is 0.309 e. The molecule has 1 rings (SSSR count). The summed E-state index contributed by atoms with van der Waals surface area (Å²) in [5.41, 5.74) is -0.928. The number of rotatable bonds is 6. The molecule has 0 unspecified atom stereocenters. The Morgan fingerprint density at radius 1 is 1.44 bits per heavy atom. The van der Waals surface area contributed by atoms with E-state index in [1.54, 1.807) is 0 Å². The normalized spacial score (nSPS) is 17.7. The Hall–Kier alpha value is -1.51. The van der Waals surface area contributed by atoms with Gasteiger partial charge >= 0.3 is 5.97 Å². The van der Waals surface area contributed by atoms with E-state index in [2.05, 4.69) is 0 Å². The Morgan fingerprint density at radius 2 is 2.17 bits per heavy atom. The molecule has 0 aliphatic rings. The second-order valence-corrected chi connectivity index (χ2v) is 4.43. The fourth-order valence-electron chi connectivity index (χ4n) is 1.49. The van der Waals surface area contributed by atoms with Gasteiger partial charge in [-0.25, -0.2) is 0 Å². The van der Waals surface area contributed by atoms with Crippen LogP contribution in [-0.2, 0) is 4.79 Å². The van der Waals surface area contributed by atoms with Gasteiger partial charge in [0.05, 0.1) is 12.0 Å². The molecule has 0 aromatic heterocycles. The Labute approximate surface area is 117 Å². The number of aryl methyl sites for hydroxylation is 2. The van der Waals surface area contributed by atoms with E-state index in [0.29, 0.717) is 5.75 Å². The Morgan fingerprint density at radius 3 is 2.78 bits per heavy atom. The Balaban J connectivity index is 2.87. The summed E-state index contributed by atoms with van der Waals surface area (Å²) in [4.78, 5) is 11.5. The number of aliphatic carboxylic acids is 1. The maximum absolute atomic E-state index is 11.5. The summed E-state index contributed by atoms with van der Waals surface area (Å²) in [5.74, 6) is -1.23. The lowest BCUT2D eigenvalue weighted by molar-refractivity contribution is -0.147. The van der Waals surface area contributed by atoms with Gasteiger partial charge < -0.3 is 9.84 Å². The molecule has 0 aliphatic carbocycles. The monoisotopic (exact) mass is 256 g/mol. The smallest absolute Gasteiger partial charge is 0.309 e. The second kappa shape index (κ2) is 5.89. The van der Waals surface area contributed by atoms with Gasteiger partial charge in [0.1, 0.15) is 5.75 Å². The van der Waals surface area contributed by atoms with Gasteiger partial charge in [-0.3, -0.25) is 4.79 Å². The van der Waals surface area contributed by atoms with Crippen molar-refractivity contribution in [1.29, 1.82) is 0 Å². The predicted molar refractivity (Wildman–Crippen MR) is 72.1 cm³/mol. The number of benzene rings is 1. The third-order valence-electron chi connectivity index (χ3n) is 2.66. The molecule has 18 heavy (non-hydrogen) atoms. The van der Waals surface area contributed by atoms with Crippen LogP contribution in [0.5, 0.6) is 5.75 Å². The SMILES string of the molecule is [2H]C([2H])([2H])C(CCCOc1cc(C)ccc1C)(C(=O)O)C([2H])([2H])[2H]. The number of carbonyl (C=O) groups is 1. The molecular formula is C15H22O3. The third kappa shape index (κ3) is 4.06. The topological polar surface area (TPSA) is 46.5 Å². The van der Waals surface area contributed by atoms with Gasteiger partial charge in [-0.05, 0) is 57.6 Å². The van der Waals surface area contributed by atoms with Crippen molar-refractivity contribution in [1.82, 2.24) is 0 Å². The summed E-state index contributed by atoms with van der Waals surface area (Å²) in [6, 6.07) is 5.60. The molecule has 0 radical (unpaired) electrons. The van der Waals surface area contributed by atoms with Crippen LogP contribution in [-0.4, -0.2) is 17.7 Å². The average Bonchev–Trinajstić information content (AvgIpc) is 2.38. The van der Waals surface area contributed by atoms with E-state index in [1.165, 1.54) is 0 Å². The quantitative estimate of drug-likeness (QED) is 0.791. The van der Waals surface area contributed by atoms with Crippen LogP contribution in [0.25, 0.3) is 0 Å². The Kier molecular flexibility index (Phi) is 2.56. The lowest BCUT2D eigenvalue weighted by Crippen LogP contribution is -2.24. The van der Waals surface area contributed by atoms with Crippen LogP contribution in [0, 0.1) is 19.3 Å². The Bertz CT molecular complexity index is 578. The molecule has 1 N–H and O–H groups in total. The van der Waals surface area contributed by atoms with Crippen molar-refractivity contribution in [2.75, 3.05) is 6.61 Å². The van der Waals surface area contributed by atoms with Crippen LogP contribution in [0.1, 0.15) is 45.9 Å². The van der Waals surface area contributed by atoms with E-state index in [4.69, 9.17) is 13.0 Å². The lowest BCUT2D eigenvalue weighted by Gasteiger charge is -2.19. The van der Waals surface area contributed by atoms with Crippen molar-refractivity contribution in [3.63, 3.8) is 0 Å². The summed E-state index contributed by atoms with van der Waals surface area (Å²) >= 11 is 0. The minimum atomic E-state index is -3.15. The van der Waals surface area contributed by atoms with Crippen LogP contribution < -0.4 is 4.74 Å². The molecular weight excluding hydrogens is 228 g/mol. The first-order valence-corrected chi connectivity index (χ1v) is 5.76. The van der Waals surface area contributed by atoms with Crippen LogP contribution in [0.3, 0.4) is 0 Å². The van der Waals surface area contributed by atoms with Gasteiger partial charge in [-0.15, -0.1) is 0 Å². The molecule has 0 atom stereocenters. The lowest BCUT2D eigenvalue weighted by atomic mass is 9.88. The van der Waals surface area contributed by atoms with Crippen molar-refractivity contribution in [2.24, 2.45) is 5.41 Å². The molecule has 1 aromatic rings. The molecule has 0 aliphatic heterocycles.